The van der Waals surface area contributed by atoms with E-state index in [1.54, 1.807) is 40.1 Å². The number of hydrogen-bond donors (Lipinski definition) is 0. The lowest BCUT2D eigenvalue weighted by molar-refractivity contribution is -0.0401. The lowest BCUT2D eigenvalue weighted by atomic mass is 10.1. The Morgan fingerprint density at radius 1 is 0.912 bits per heavy atom. The summed E-state index contributed by atoms with van der Waals surface area (Å²) < 4.78 is 30.7. The van der Waals surface area contributed by atoms with E-state index in [1.165, 1.54) is 26.4 Å². The monoisotopic (exact) mass is 471 g/mol. The van der Waals surface area contributed by atoms with Crippen molar-refractivity contribution in [3.63, 3.8) is 0 Å². The van der Waals surface area contributed by atoms with Crippen LogP contribution in [0.5, 0.6) is 11.5 Å². The summed E-state index contributed by atoms with van der Waals surface area (Å²) in [6.45, 7) is 4.39. The molecule has 2 heterocycles. The van der Waals surface area contributed by atoms with Gasteiger partial charge in [0.2, 0.25) is 0 Å². The zero-order valence-corrected chi connectivity index (χ0v) is 19.5. The molecule has 2 saturated heterocycles. The number of carbonyl (C=O) groups is 2. The standard InChI is InChI=1S/C25H30FN3O5/c1-32-21-8-5-9-22(33-2)23(21)25(31)28-12-10-27(11-13-28)16-18-17-29(14-15-34-18)24(30)19-6-3-4-7-20(19)26/h3-9,18H,10-17H2,1-2H3/t18-/m0/s1. The van der Waals surface area contributed by atoms with Crippen molar-refractivity contribution < 1.29 is 28.2 Å². The number of methoxy groups -OCH3 is 2. The molecule has 8 nitrogen and oxygen atoms in total. The van der Waals surface area contributed by atoms with Gasteiger partial charge < -0.3 is 24.0 Å². The molecule has 9 heteroatoms. The number of halogens is 1. The van der Waals surface area contributed by atoms with E-state index in [-0.39, 0.29) is 23.5 Å². The lowest BCUT2D eigenvalue weighted by Gasteiger charge is -2.39. The zero-order valence-electron chi connectivity index (χ0n) is 19.5. The highest BCUT2D eigenvalue weighted by Crippen LogP contribution is 2.30. The zero-order chi connectivity index (χ0) is 24.1. The predicted octanol–water partition coefficient (Wildman–Crippen LogP) is 2.14. The second-order valence-corrected chi connectivity index (χ2v) is 8.35. The summed E-state index contributed by atoms with van der Waals surface area (Å²) in [4.78, 5) is 31.6. The molecule has 0 radical (unpaired) electrons. The molecular formula is C25H30FN3O5. The highest BCUT2D eigenvalue weighted by Gasteiger charge is 2.31. The van der Waals surface area contributed by atoms with Crippen molar-refractivity contribution >= 4 is 11.8 Å². The predicted molar refractivity (Wildman–Crippen MR) is 124 cm³/mol. The molecule has 0 spiro atoms. The van der Waals surface area contributed by atoms with Gasteiger partial charge in [-0.2, -0.15) is 0 Å². The Bertz CT molecular complexity index is 1000. The van der Waals surface area contributed by atoms with E-state index in [1.807, 2.05) is 0 Å². The molecule has 0 N–H and O–H groups in total. The Morgan fingerprint density at radius 3 is 2.24 bits per heavy atom. The van der Waals surface area contributed by atoms with E-state index in [9.17, 15) is 14.0 Å². The average molecular weight is 472 g/mol. The summed E-state index contributed by atoms with van der Waals surface area (Å²) in [5, 5.41) is 0. The summed E-state index contributed by atoms with van der Waals surface area (Å²) >= 11 is 0. The molecule has 34 heavy (non-hydrogen) atoms. The third-order valence-electron chi connectivity index (χ3n) is 6.29. The van der Waals surface area contributed by atoms with Gasteiger partial charge in [0.1, 0.15) is 22.9 Å². The van der Waals surface area contributed by atoms with Crippen LogP contribution in [-0.4, -0.2) is 99.3 Å². The summed E-state index contributed by atoms with van der Waals surface area (Å²) in [5.41, 5.74) is 0.515. The van der Waals surface area contributed by atoms with Gasteiger partial charge in [-0.25, -0.2) is 4.39 Å². The van der Waals surface area contributed by atoms with Crippen LogP contribution in [0.1, 0.15) is 20.7 Å². The number of ether oxygens (including phenoxy) is 3. The van der Waals surface area contributed by atoms with E-state index < -0.39 is 5.82 Å². The summed E-state index contributed by atoms with van der Waals surface area (Å²) in [5.74, 6) is 0.0316. The van der Waals surface area contributed by atoms with Gasteiger partial charge in [0.15, 0.2) is 0 Å². The first kappa shape index (κ1) is 24.0. The fourth-order valence-electron chi connectivity index (χ4n) is 4.46. The normalized spacial score (nSPS) is 19.1. The molecule has 0 aliphatic carbocycles. The van der Waals surface area contributed by atoms with Crippen LogP contribution in [0, 0.1) is 5.82 Å². The lowest BCUT2D eigenvalue weighted by Crippen LogP contribution is -2.54. The first-order valence-corrected chi connectivity index (χ1v) is 11.4. The number of piperazine rings is 1. The molecule has 2 fully saturated rings. The Labute approximate surface area is 198 Å². The van der Waals surface area contributed by atoms with Crippen LogP contribution < -0.4 is 9.47 Å². The summed E-state index contributed by atoms with van der Waals surface area (Å²) in [6, 6.07) is 11.3. The Hall–Kier alpha value is -3.17. The summed E-state index contributed by atoms with van der Waals surface area (Å²) in [7, 11) is 3.07. The largest absolute Gasteiger partial charge is 0.496 e. The molecule has 0 unspecified atom stereocenters. The molecule has 4 rings (SSSR count). The van der Waals surface area contributed by atoms with Crippen molar-refractivity contribution in [3.05, 3.63) is 59.4 Å². The van der Waals surface area contributed by atoms with Crippen LogP contribution in [0.15, 0.2) is 42.5 Å². The van der Waals surface area contributed by atoms with Gasteiger partial charge >= 0.3 is 0 Å². The van der Waals surface area contributed by atoms with Gasteiger partial charge in [-0.3, -0.25) is 14.5 Å². The van der Waals surface area contributed by atoms with Crippen molar-refractivity contribution in [2.24, 2.45) is 0 Å². The van der Waals surface area contributed by atoms with Crippen molar-refractivity contribution in [2.45, 2.75) is 6.10 Å². The number of hydrogen-bond acceptors (Lipinski definition) is 6. The Kier molecular flexibility index (Phi) is 7.64. The molecule has 2 aliphatic rings. The van der Waals surface area contributed by atoms with Crippen LogP contribution in [-0.2, 0) is 4.74 Å². The molecular weight excluding hydrogens is 441 g/mol. The number of rotatable bonds is 6. The number of amides is 2. The first-order chi connectivity index (χ1) is 16.5. The van der Waals surface area contributed by atoms with Crippen molar-refractivity contribution in [3.8, 4) is 11.5 Å². The third-order valence-corrected chi connectivity index (χ3v) is 6.29. The SMILES string of the molecule is COc1cccc(OC)c1C(=O)N1CCN(C[C@H]2CN(C(=O)c3ccccc3F)CCO2)CC1. The molecule has 0 saturated carbocycles. The number of benzene rings is 2. The molecule has 2 aromatic rings. The number of nitrogens with zero attached hydrogens (tertiary/aromatic N) is 3. The maximum atomic E-state index is 14.0. The van der Waals surface area contributed by atoms with Crippen molar-refractivity contribution in [1.29, 1.82) is 0 Å². The van der Waals surface area contributed by atoms with E-state index in [0.717, 1.165) is 0 Å². The minimum absolute atomic E-state index is 0.0852. The van der Waals surface area contributed by atoms with Gasteiger partial charge in [-0.1, -0.05) is 18.2 Å². The minimum atomic E-state index is -0.511. The van der Waals surface area contributed by atoms with Gasteiger partial charge in [0, 0.05) is 45.8 Å². The molecule has 2 aliphatic heterocycles. The maximum absolute atomic E-state index is 14.0. The second-order valence-electron chi connectivity index (χ2n) is 8.35. The van der Waals surface area contributed by atoms with Crippen LogP contribution in [0.4, 0.5) is 4.39 Å². The molecule has 0 aromatic heterocycles. The maximum Gasteiger partial charge on any atom is 0.261 e. The molecule has 2 amide bonds. The molecule has 0 bridgehead atoms. The van der Waals surface area contributed by atoms with Crippen LogP contribution in [0.25, 0.3) is 0 Å². The van der Waals surface area contributed by atoms with Gasteiger partial charge in [0.05, 0.1) is 32.5 Å². The molecule has 2 aromatic carbocycles. The Balaban J connectivity index is 1.33. The molecule has 182 valence electrons. The van der Waals surface area contributed by atoms with E-state index in [2.05, 4.69) is 4.90 Å². The smallest absolute Gasteiger partial charge is 0.261 e. The van der Waals surface area contributed by atoms with Crippen LogP contribution >= 0.6 is 0 Å². The minimum Gasteiger partial charge on any atom is -0.496 e. The first-order valence-electron chi connectivity index (χ1n) is 11.4. The quantitative estimate of drug-likeness (QED) is 0.643. The van der Waals surface area contributed by atoms with E-state index in [0.29, 0.717) is 69.5 Å². The number of carbonyl (C=O) groups excluding carboxylic acids is 2. The third kappa shape index (κ3) is 5.15. The van der Waals surface area contributed by atoms with Gasteiger partial charge in [-0.05, 0) is 24.3 Å². The van der Waals surface area contributed by atoms with Crippen molar-refractivity contribution in [2.75, 3.05) is 66.6 Å². The van der Waals surface area contributed by atoms with Crippen LogP contribution in [0.2, 0.25) is 0 Å². The van der Waals surface area contributed by atoms with Crippen molar-refractivity contribution in [1.82, 2.24) is 14.7 Å². The van der Waals surface area contributed by atoms with E-state index in [4.69, 9.17) is 14.2 Å². The fraction of sp³-hybridized carbons (Fsp3) is 0.440. The van der Waals surface area contributed by atoms with Gasteiger partial charge in [-0.15, -0.1) is 0 Å². The Morgan fingerprint density at radius 2 is 1.59 bits per heavy atom. The average Bonchev–Trinajstić information content (AvgIpc) is 2.88. The van der Waals surface area contributed by atoms with E-state index >= 15 is 0 Å². The number of morpholine rings is 1. The van der Waals surface area contributed by atoms with Crippen LogP contribution in [0.3, 0.4) is 0 Å². The fourth-order valence-corrected chi connectivity index (χ4v) is 4.46. The highest BCUT2D eigenvalue weighted by molar-refractivity contribution is 5.99. The second kappa shape index (κ2) is 10.8. The highest BCUT2D eigenvalue weighted by atomic mass is 19.1. The molecule has 1 atom stereocenters. The topological polar surface area (TPSA) is 71.6 Å². The summed E-state index contributed by atoms with van der Waals surface area (Å²) in [6.07, 6.45) is -0.166. The van der Waals surface area contributed by atoms with Gasteiger partial charge in [0.25, 0.3) is 11.8 Å².